The molecular weight excluding hydrogens is 236 g/mol. The van der Waals surface area contributed by atoms with E-state index in [4.69, 9.17) is 4.74 Å². The van der Waals surface area contributed by atoms with Crippen LogP contribution in [0.1, 0.15) is 11.1 Å². The molecule has 19 heavy (non-hydrogen) atoms. The predicted molar refractivity (Wildman–Crippen MR) is 77.5 cm³/mol. The van der Waals surface area contributed by atoms with Crippen molar-refractivity contribution < 1.29 is 4.74 Å². The Morgan fingerprint density at radius 2 is 1.84 bits per heavy atom. The number of hydrogen-bond acceptors (Lipinski definition) is 3. The Morgan fingerprint density at radius 3 is 2.58 bits per heavy atom. The fourth-order valence-corrected chi connectivity index (χ4v) is 1.96. The summed E-state index contributed by atoms with van der Waals surface area (Å²) >= 11 is 0. The first kappa shape index (κ1) is 13.6. The molecule has 1 N–H and O–H groups in total. The highest BCUT2D eigenvalue weighted by molar-refractivity contribution is 5.28. The van der Waals surface area contributed by atoms with Crippen molar-refractivity contribution in [2.24, 2.45) is 0 Å². The molecule has 3 nitrogen and oxygen atoms in total. The average Bonchev–Trinajstić information content (AvgIpc) is 2.48. The zero-order chi connectivity index (χ0) is 13.3. The first-order valence-corrected chi connectivity index (χ1v) is 6.61. The molecule has 0 amide bonds. The topological polar surface area (TPSA) is 34.1 Å². The molecule has 0 spiro atoms. The lowest BCUT2D eigenvalue weighted by Gasteiger charge is -2.06. The minimum Gasteiger partial charge on any atom is -0.497 e. The lowest BCUT2D eigenvalue weighted by Crippen LogP contribution is -2.20. The number of hydrogen-bond donors (Lipinski definition) is 1. The van der Waals surface area contributed by atoms with Crippen LogP contribution >= 0.6 is 0 Å². The van der Waals surface area contributed by atoms with E-state index in [1.165, 1.54) is 11.1 Å². The number of pyridine rings is 1. The Labute approximate surface area is 114 Å². The molecule has 0 aliphatic heterocycles. The molecule has 1 aromatic heterocycles. The fourth-order valence-electron chi connectivity index (χ4n) is 1.96. The number of rotatable bonds is 7. The Morgan fingerprint density at radius 1 is 1.05 bits per heavy atom. The first-order valence-electron chi connectivity index (χ1n) is 6.61. The summed E-state index contributed by atoms with van der Waals surface area (Å²) in [5, 5.41) is 3.45. The second kappa shape index (κ2) is 7.54. The number of benzene rings is 1. The van der Waals surface area contributed by atoms with Gasteiger partial charge in [-0.2, -0.15) is 0 Å². The van der Waals surface area contributed by atoms with Crippen LogP contribution in [0.25, 0.3) is 0 Å². The van der Waals surface area contributed by atoms with E-state index in [0.29, 0.717) is 0 Å². The summed E-state index contributed by atoms with van der Waals surface area (Å²) in [6, 6.07) is 12.3. The van der Waals surface area contributed by atoms with Crippen LogP contribution in [0, 0.1) is 0 Å². The van der Waals surface area contributed by atoms with Gasteiger partial charge < -0.3 is 10.1 Å². The van der Waals surface area contributed by atoms with Crippen LogP contribution in [0.5, 0.6) is 5.75 Å². The van der Waals surface area contributed by atoms with E-state index in [-0.39, 0.29) is 0 Å². The molecular formula is C16H20N2O. The Kier molecular flexibility index (Phi) is 5.38. The molecule has 1 heterocycles. The third kappa shape index (κ3) is 4.72. The van der Waals surface area contributed by atoms with Crippen molar-refractivity contribution in [3.63, 3.8) is 0 Å². The first-order chi connectivity index (χ1) is 9.38. The molecule has 1 aromatic carbocycles. The third-order valence-electron chi connectivity index (χ3n) is 3.04. The minimum atomic E-state index is 0.924. The highest BCUT2D eigenvalue weighted by atomic mass is 16.5. The van der Waals surface area contributed by atoms with Gasteiger partial charge >= 0.3 is 0 Å². The van der Waals surface area contributed by atoms with Crippen LogP contribution < -0.4 is 10.1 Å². The molecule has 3 heteroatoms. The molecule has 0 aliphatic rings. The van der Waals surface area contributed by atoms with E-state index in [9.17, 15) is 0 Å². The Hall–Kier alpha value is -1.87. The summed E-state index contributed by atoms with van der Waals surface area (Å²) in [6.07, 6.45) is 5.76. The van der Waals surface area contributed by atoms with Crippen LogP contribution in [0.15, 0.2) is 48.8 Å². The summed E-state index contributed by atoms with van der Waals surface area (Å²) in [5.74, 6) is 0.924. The van der Waals surface area contributed by atoms with E-state index in [1.54, 1.807) is 13.3 Å². The van der Waals surface area contributed by atoms with Crippen LogP contribution in [-0.2, 0) is 12.8 Å². The summed E-state index contributed by atoms with van der Waals surface area (Å²) in [4.78, 5) is 4.11. The average molecular weight is 256 g/mol. The minimum absolute atomic E-state index is 0.924. The lowest BCUT2D eigenvalue weighted by atomic mass is 10.1. The number of nitrogens with zero attached hydrogens (tertiary/aromatic N) is 1. The Balaban J connectivity index is 1.66. The number of aromatic nitrogens is 1. The van der Waals surface area contributed by atoms with Crippen molar-refractivity contribution >= 4 is 0 Å². The van der Waals surface area contributed by atoms with Crippen molar-refractivity contribution in [2.75, 3.05) is 20.2 Å². The molecule has 0 saturated carbocycles. The summed E-state index contributed by atoms with van der Waals surface area (Å²) in [7, 11) is 1.70. The van der Waals surface area contributed by atoms with Crippen LogP contribution in [0.2, 0.25) is 0 Å². The van der Waals surface area contributed by atoms with E-state index >= 15 is 0 Å². The van der Waals surface area contributed by atoms with E-state index in [1.807, 2.05) is 24.4 Å². The molecule has 0 unspecified atom stereocenters. The number of ether oxygens (including phenoxy) is 1. The monoisotopic (exact) mass is 256 g/mol. The van der Waals surface area contributed by atoms with Gasteiger partial charge in [0, 0.05) is 12.4 Å². The zero-order valence-corrected chi connectivity index (χ0v) is 11.3. The lowest BCUT2D eigenvalue weighted by molar-refractivity contribution is 0.414. The van der Waals surface area contributed by atoms with Crippen LogP contribution in [0.4, 0.5) is 0 Å². The molecule has 2 rings (SSSR count). The van der Waals surface area contributed by atoms with E-state index in [0.717, 1.165) is 31.7 Å². The van der Waals surface area contributed by atoms with Crippen molar-refractivity contribution in [3.05, 3.63) is 59.9 Å². The second-order valence-corrected chi connectivity index (χ2v) is 4.46. The largest absolute Gasteiger partial charge is 0.497 e. The molecule has 0 aliphatic carbocycles. The maximum absolute atomic E-state index is 5.21. The normalized spacial score (nSPS) is 10.4. The summed E-state index contributed by atoms with van der Waals surface area (Å²) in [5.41, 5.74) is 2.57. The van der Waals surface area contributed by atoms with Gasteiger partial charge in [0.15, 0.2) is 0 Å². The van der Waals surface area contributed by atoms with Gasteiger partial charge in [-0.3, -0.25) is 4.98 Å². The standard InChI is InChI=1S/C16H20N2O/c1-19-16-6-2-4-14(12-16)7-10-17-11-8-15-5-3-9-18-13-15/h2-6,9,12-13,17H,7-8,10-11H2,1H3. The maximum atomic E-state index is 5.21. The van der Waals surface area contributed by atoms with Gasteiger partial charge in [0.2, 0.25) is 0 Å². The molecule has 0 saturated heterocycles. The molecule has 2 aromatic rings. The molecule has 100 valence electrons. The molecule has 0 atom stereocenters. The van der Waals surface area contributed by atoms with Crippen molar-refractivity contribution in [3.8, 4) is 5.75 Å². The van der Waals surface area contributed by atoms with Gasteiger partial charge in [0.05, 0.1) is 7.11 Å². The van der Waals surface area contributed by atoms with Crippen molar-refractivity contribution in [2.45, 2.75) is 12.8 Å². The summed E-state index contributed by atoms with van der Waals surface area (Å²) in [6.45, 7) is 1.96. The predicted octanol–water partition coefficient (Wildman–Crippen LogP) is 2.47. The highest BCUT2D eigenvalue weighted by Crippen LogP contribution is 2.12. The van der Waals surface area contributed by atoms with E-state index < -0.39 is 0 Å². The van der Waals surface area contributed by atoms with E-state index in [2.05, 4.69) is 28.5 Å². The molecule has 0 bridgehead atoms. The van der Waals surface area contributed by atoms with Crippen LogP contribution in [-0.4, -0.2) is 25.2 Å². The number of methoxy groups -OCH3 is 1. The van der Waals surface area contributed by atoms with Gasteiger partial charge in [-0.25, -0.2) is 0 Å². The molecule has 0 fully saturated rings. The SMILES string of the molecule is COc1cccc(CCNCCc2cccnc2)c1. The smallest absolute Gasteiger partial charge is 0.119 e. The quantitative estimate of drug-likeness (QED) is 0.773. The summed E-state index contributed by atoms with van der Waals surface area (Å²) < 4.78 is 5.21. The van der Waals surface area contributed by atoms with Crippen LogP contribution in [0.3, 0.4) is 0 Å². The van der Waals surface area contributed by atoms with Gasteiger partial charge in [-0.15, -0.1) is 0 Å². The second-order valence-electron chi connectivity index (χ2n) is 4.46. The Bertz CT molecular complexity index is 485. The fraction of sp³-hybridized carbons (Fsp3) is 0.312. The highest BCUT2D eigenvalue weighted by Gasteiger charge is 1.96. The van der Waals surface area contributed by atoms with Gasteiger partial charge in [0.1, 0.15) is 5.75 Å². The molecule has 0 radical (unpaired) electrons. The van der Waals surface area contributed by atoms with Crippen molar-refractivity contribution in [1.82, 2.24) is 10.3 Å². The zero-order valence-electron chi connectivity index (χ0n) is 11.3. The maximum Gasteiger partial charge on any atom is 0.119 e. The van der Waals surface area contributed by atoms with Gasteiger partial charge in [-0.05, 0) is 55.3 Å². The van der Waals surface area contributed by atoms with Crippen molar-refractivity contribution in [1.29, 1.82) is 0 Å². The number of nitrogens with one attached hydrogen (secondary N) is 1. The van der Waals surface area contributed by atoms with Gasteiger partial charge in [0.25, 0.3) is 0 Å². The third-order valence-corrected chi connectivity index (χ3v) is 3.04. The van der Waals surface area contributed by atoms with Gasteiger partial charge in [-0.1, -0.05) is 18.2 Å².